The lowest BCUT2D eigenvalue weighted by molar-refractivity contribution is 0.426. The van der Waals surface area contributed by atoms with Crippen LogP contribution in [0.1, 0.15) is 18.5 Å². The lowest BCUT2D eigenvalue weighted by Gasteiger charge is -2.16. The molecule has 0 N–H and O–H groups in total. The van der Waals surface area contributed by atoms with Gasteiger partial charge in [-0.3, -0.25) is 0 Å². The predicted molar refractivity (Wildman–Crippen MR) is 86.6 cm³/mol. The molecule has 1 saturated heterocycles. The van der Waals surface area contributed by atoms with Gasteiger partial charge in [-0.2, -0.15) is 0 Å². The summed E-state index contributed by atoms with van der Waals surface area (Å²) in [4.78, 5) is 2.28. The van der Waals surface area contributed by atoms with Crippen molar-refractivity contribution in [2.24, 2.45) is 0 Å². The lowest BCUT2D eigenvalue weighted by Crippen LogP contribution is -2.23. The third-order valence-electron chi connectivity index (χ3n) is 3.33. The van der Waals surface area contributed by atoms with E-state index in [-0.39, 0.29) is 0 Å². The molecule has 1 aromatic heterocycles. The molecule has 2 aromatic rings. The molecule has 20 heavy (non-hydrogen) atoms. The van der Waals surface area contributed by atoms with Gasteiger partial charge in [0, 0.05) is 30.5 Å². The minimum atomic E-state index is 0.770. The van der Waals surface area contributed by atoms with Gasteiger partial charge in [-0.25, -0.2) is 0 Å². The zero-order valence-electron chi connectivity index (χ0n) is 11.1. The Hall–Kier alpha value is -1.33. The Morgan fingerprint density at radius 3 is 2.75 bits per heavy atom. The van der Waals surface area contributed by atoms with Gasteiger partial charge in [0.05, 0.1) is 5.69 Å². The van der Waals surface area contributed by atoms with Crippen LogP contribution < -0.4 is 0 Å². The molecule has 3 rings (SSSR count). The van der Waals surface area contributed by atoms with Crippen LogP contribution in [0.25, 0.3) is 11.3 Å². The van der Waals surface area contributed by atoms with Crippen LogP contribution in [0.3, 0.4) is 0 Å². The number of rotatable bonds is 3. The zero-order chi connectivity index (χ0) is 13.8. The second-order valence-electron chi connectivity index (χ2n) is 4.80. The molecular formula is C15H16N2OS2. The van der Waals surface area contributed by atoms with E-state index in [1.165, 1.54) is 12.8 Å². The Morgan fingerprint density at radius 2 is 2.00 bits per heavy atom. The minimum absolute atomic E-state index is 0.770. The van der Waals surface area contributed by atoms with Gasteiger partial charge in [-0.1, -0.05) is 59.5 Å². The Kier molecular flexibility index (Phi) is 4.38. The van der Waals surface area contributed by atoms with Crippen LogP contribution in [-0.4, -0.2) is 27.5 Å². The molecule has 1 aliphatic rings. The van der Waals surface area contributed by atoms with Crippen LogP contribution in [0.4, 0.5) is 0 Å². The first-order chi connectivity index (χ1) is 9.83. The number of aromatic nitrogens is 1. The normalized spacial score (nSPS) is 14.7. The molecule has 0 amide bonds. The molecule has 104 valence electrons. The molecule has 0 saturated carbocycles. The highest BCUT2D eigenvalue weighted by Crippen LogP contribution is 2.24. The van der Waals surface area contributed by atoms with Crippen molar-refractivity contribution >= 4 is 28.3 Å². The van der Waals surface area contributed by atoms with E-state index >= 15 is 0 Å². The molecule has 3 nitrogen and oxygen atoms in total. The summed E-state index contributed by atoms with van der Waals surface area (Å²) >= 11 is 7.11. The molecule has 1 aromatic carbocycles. The highest BCUT2D eigenvalue weighted by atomic mass is 32.2. The maximum Gasteiger partial charge on any atom is 0.167 e. The topological polar surface area (TPSA) is 29.3 Å². The summed E-state index contributed by atoms with van der Waals surface area (Å²) in [6, 6.07) is 12.0. The molecule has 0 radical (unpaired) electrons. The number of nitrogens with zero attached hydrogens (tertiary/aromatic N) is 2. The van der Waals surface area contributed by atoms with Crippen LogP contribution >= 0.6 is 24.0 Å². The molecule has 0 aliphatic carbocycles. The van der Waals surface area contributed by atoms with E-state index in [0.29, 0.717) is 0 Å². The van der Waals surface area contributed by atoms with E-state index in [2.05, 4.69) is 10.1 Å². The SMILES string of the molecule is S=C(SCc1cc(-c2ccccc2)on1)N1CCCC1. The van der Waals surface area contributed by atoms with Crippen molar-refractivity contribution < 1.29 is 4.52 Å². The van der Waals surface area contributed by atoms with Crippen LogP contribution in [0.15, 0.2) is 40.9 Å². The van der Waals surface area contributed by atoms with Crippen LogP contribution in [0.5, 0.6) is 0 Å². The number of thiocarbonyl (C=S) groups is 1. The highest BCUT2D eigenvalue weighted by Gasteiger charge is 2.16. The fourth-order valence-corrected chi connectivity index (χ4v) is 3.38. The molecule has 2 heterocycles. The maximum atomic E-state index is 5.44. The van der Waals surface area contributed by atoms with Crippen LogP contribution in [-0.2, 0) is 5.75 Å². The first kappa shape index (κ1) is 13.6. The van der Waals surface area contributed by atoms with Crippen molar-refractivity contribution in [3.8, 4) is 11.3 Å². The zero-order valence-corrected chi connectivity index (χ0v) is 12.8. The second-order valence-corrected chi connectivity index (χ2v) is 6.41. The third kappa shape index (κ3) is 3.22. The van der Waals surface area contributed by atoms with Crippen LogP contribution in [0.2, 0.25) is 0 Å². The fraction of sp³-hybridized carbons (Fsp3) is 0.333. The van der Waals surface area contributed by atoms with Crippen molar-refractivity contribution in [2.75, 3.05) is 13.1 Å². The lowest BCUT2D eigenvalue weighted by atomic mass is 10.2. The largest absolute Gasteiger partial charge is 0.358 e. The van der Waals surface area contributed by atoms with Gasteiger partial charge in [-0.05, 0) is 12.8 Å². The number of hydrogen-bond donors (Lipinski definition) is 0. The number of thioether (sulfide) groups is 1. The summed E-state index contributed by atoms with van der Waals surface area (Å²) in [6.07, 6.45) is 2.51. The smallest absolute Gasteiger partial charge is 0.167 e. The van der Waals surface area contributed by atoms with Crippen molar-refractivity contribution in [3.63, 3.8) is 0 Å². The number of likely N-dealkylation sites (tertiary alicyclic amines) is 1. The van der Waals surface area contributed by atoms with Gasteiger partial charge in [0.15, 0.2) is 5.76 Å². The van der Waals surface area contributed by atoms with E-state index in [4.69, 9.17) is 16.7 Å². The summed E-state index contributed by atoms with van der Waals surface area (Å²) in [5.41, 5.74) is 1.99. The Bertz CT molecular complexity index is 577. The van der Waals surface area contributed by atoms with E-state index in [1.807, 2.05) is 36.4 Å². The van der Waals surface area contributed by atoms with Gasteiger partial charge in [0.2, 0.25) is 0 Å². The summed E-state index contributed by atoms with van der Waals surface area (Å²) < 4.78 is 6.37. The van der Waals surface area contributed by atoms with E-state index in [9.17, 15) is 0 Å². The predicted octanol–water partition coefficient (Wildman–Crippen LogP) is 3.96. The maximum absolute atomic E-state index is 5.44. The van der Waals surface area contributed by atoms with Crippen molar-refractivity contribution in [3.05, 3.63) is 42.1 Å². The fourth-order valence-electron chi connectivity index (χ4n) is 2.24. The first-order valence-corrected chi connectivity index (χ1v) is 8.15. The van der Waals surface area contributed by atoms with Crippen molar-refractivity contribution in [2.45, 2.75) is 18.6 Å². The molecule has 1 fully saturated rings. The molecular weight excluding hydrogens is 288 g/mol. The molecule has 0 atom stereocenters. The first-order valence-electron chi connectivity index (χ1n) is 6.75. The average molecular weight is 304 g/mol. The molecule has 0 unspecified atom stereocenters. The van der Waals surface area contributed by atoms with Crippen LogP contribution in [0, 0.1) is 0 Å². The van der Waals surface area contributed by atoms with Gasteiger partial charge in [0.1, 0.15) is 4.32 Å². The average Bonchev–Trinajstić information content (AvgIpc) is 3.17. The quantitative estimate of drug-likeness (QED) is 0.801. The van der Waals surface area contributed by atoms with Crippen molar-refractivity contribution in [1.82, 2.24) is 10.1 Å². The number of hydrogen-bond acceptors (Lipinski definition) is 4. The molecule has 0 bridgehead atoms. The van der Waals surface area contributed by atoms with E-state index < -0.39 is 0 Å². The summed E-state index contributed by atoms with van der Waals surface area (Å²) in [5, 5.41) is 4.12. The summed E-state index contributed by atoms with van der Waals surface area (Å²) in [6.45, 7) is 2.19. The second kappa shape index (κ2) is 6.41. The summed E-state index contributed by atoms with van der Waals surface area (Å²) in [7, 11) is 0. The Balaban J connectivity index is 1.59. The molecule has 1 aliphatic heterocycles. The van der Waals surface area contributed by atoms with Crippen molar-refractivity contribution in [1.29, 1.82) is 0 Å². The standard InChI is InChI=1S/C15H16N2OS2/c19-15(17-8-4-5-9-17)20-11-13-10-14(18-16-13)12-6-2-1-3-7-12/h1-3,6-7,10H,4-5,8-9,11H2. The number of benzene rings is 1. The van der Waals surface area contributed by atoms with E-state index in [1.54, 1.807) is 11.8 Å². The highest BCUT2D eigenvalue weighted by molar-refractivity contribution is 8.22. The van der Waals surface area contributed by atoms with Gasteiger partial charge >= 0.3 is 0 Å². The van der Waals surface area contributed by atoms with Gasteiger partial charge in [-0.15, -0.1) is 0 Å². The molecule has 0 spiro atoms. The molecule has 5 heteroatoms. The van der Waals surface area contributed by atoms with Gasteiger partial charge < -0.3 is 9.42 Å². The third-order valence-corrected chi connectivity index (χ3v) is 4.88. The minimum Gasteiger partial charge on any atom is -0.358 e. The van der Waals surface area contributed by atoms with E-state index in [0.717, 1.165) is 40.2 Å². The Labute approximate surface area is 128 Å². The van der Waals surface area contributed by atoms with Gasteiger partial charge in [0.25, 0.3) is 0 Å². The summed E-state index contributed by atoms with van der Waals surface area (Å²) in [5.74, 6) is 1.58. The monoisotopic (exact) mass is 304 g/mol. The Morgan fingerprint density at radius 1 is 1.25 bits per heavy atom.